The van der Waals surface area contributed by atoms with Gasteiger partial charge in [-0.05, 0) is 46.2 Å². The Balaban J connectivity index is 2.75. The van der Waals surface area contributed by atoms with Gasteiger partial charge in [0.1, 0.15) is 12.1 Å². The minimum absolute atomic E-state index is 0.0668. The number of ether oxygens (including phenoxy) is 1. The molecule has 0 spiro atoms. The molecule has 0 radical (unpaired) electrons. The Hall–Kier alpha value is -0.760. The second-order valence-electron chi connectivity index (χ2n) is 4.51. The van der Waals surface area contributed by atoms with Gasteiger partial charge < -0.3 is 14.6 Å². The zero-order valence-electron chi connectivity index (χ0n) is 10.5. The molecule has 1 rings (SSSR count). The number of rotatable bonds is 6. The van der Waals surface area contributed by atoms with E-state index in [4.69, 9.17) is 4.74 Å². The van der Waals surface area contributed by atoms with E-state index < -0.39 is 23.9 Å². The first-order valence-electron chi connectivity index (χ1n) is 5.70. The van der Waals surface area contributed by atoms with Crippen LogP contribution in [0.1, 0.15) is 19.4 Å². The van der Waals surface area contributed by atoms with Crippen molar-refractivity contribution < 1.29 is 23.4 Å². The third kappa shape index (κ3) is 4.38. The molecule has 0 bridgehead atoms. The lowest BCUT2D eigenvalue weighted by Gasteiger charge is -2.30. The summed E-state index contributed by atoms with van der Waals surface area (Å²) < 4.78 is 33.0. The molecule has 1 aromatic carbocycles. The number of hydrogen-bond acceptors (Lipinski definition) is 3. The van der Waals surface area contributed by atoms with Gasteiger partial charge in [-0.25, -0.2) is 0 Å². The SMILES string of the molecule is CC(C)C(OCc1ccc(I)cc1)C(F)(F)C(=O)[O-]. The Morgan fingerprint density at radius 1 is 1.37 bits per heavy atom. The summed E-state index contributed by atoms with van der Waals surface area (Å²) in [7, 11) is 0. The van der Waals surface area contributed by atoms with Gasteiger partial charge in [0.15, 0.2) is 0 Å². The summed E-state index contributed by atoms with van der Waals surface area (Å²) in [5.74, 6) is -7.05. The van der Waals surface area contributed by atoms with Crippen molar-refractivity contribution in [3.05, 3.63) is 33.4 Å². The maximum atomic E-state index is 13.4. The van der Waals surface area contributed by atoms with Crippen molar-refractivity contribution in [1.29, 1.82) is 0 Å². The van der Waals surface area contributed by atoms with Gasteiger partial charge in [-0.1, -0.05) is 26.0 Å². The molecule has 0 aliphatic rings. The lowest BCUT2D eigenvalue weighted by Crippen LogP contribution is -2.52. The molecule has 0 fully saturated rings. The van der Waals surface area contributed by atoms with Crippen LogP contribution in [0.2, 0.25) is 0 Å². The summed E-state index contributed by atoms with van der Waals surface area (Å²) in [5, 5.41) is 10.5. The Bertz CT molecular complexity index is 432. The van der Waals surface area contributed by atoms with Crippen LogP contribution < -0.4 is 5.11 Å². The molecule has 1 atom stereocenters. The molecular weight excluding hydrogens is 369 g/mol. The van der Waals surface area contributed by atoms with Crippen LogP contribution in [0.25, 0.3) is 0 Å². The first-order valence-corrected chi connectivity index (χ1v) is 6.78. The minimum Gasteiger partial charge on any atom is -0.544 e. The van der Waals surface area contributed by atoms with Gasteiger partial charge in [0.05, 0.1) is 6.61 Å². The summed E-state index contributed by atoms with van der Waals surface area (Å²) in [5.41, 5.74) is 0.709. The Morgan fingerprint density at radius 3 is 2.32 bits per heavy atom. The predicted molar refractivity (Wildman–Crippen MR) is 72.5 cm³/mol. The van der Waals surface area contributed by atoms with Crippen molar-refractivity contribution in [1.82, 2.24) is 0 Å². The Kier molecular flexibility index (Phi) is 5.66. The molecule has 19 heavy (non-hydrogen) atoms. The molecule has 3 nitrogen and oxygen atoms in total. The van der Waals surface area contributed by atoms with Gasteiger partial charge in [0.25, 0.3) is 0 Å². The summed E-state index contributed by atoms with van der Waals surface area (Å²) in [6.07, 6.45) is -1.71. The fourth-order valence-corrected chi connectivity index (χ4v) is 1.96. The molecule has 0 saturated carbocycles. The number of carboxylic acid groups (broad SMARTS) is 1. The van der Waals surface area contributed by atoms with Crippen LogP contribution in [0.4, 0.5) is 8.78 Å². The standard InChI is InChI=1S/C13H15F2IO3/c1-8(2)11(13(14,15)12(17)18)19-7-9-3-5-10(16)6-4-9/h3-6,8,11H,7H2,1-2H3,(H,17,18)/p-1. The smallest absolute Gasteiger partial charge is 0.312 e. The van der Waals surface area contributed by atoms with Gasteiger partial charge in [-0.3, -0.25) is 0 Å². The van der Waals surface area contributed by atoms with E-state index >= 15 is 0 Å². The highest BCUT2D eigenvalue weighted by Gasteiger charge is 2.44. The van der Waals surface area contributed by atoms with E-state index in [1.54, 1.807) is 12.1 Å². The monoisotopic (exact) mass is 383 g/mol. The zero-order chi connectivity index (χ0) is 14.6. The zero-order valence-corrected chi connectivity index (χ0v) is 12.7. The average molecular weight is 383 g/mol. The number of carbonyl (C=O) groups excluding carboxylic acids is 1. The minimum atomic E-state index is -4.00. The third-order valence-electron chi connectivity index (χ3n) is 2.58. The second kappa shape index (κ2) is 6.60. The largest absolute Gasteiger partial charge is 0.544 e. The van der Waals surface area contributed by atoms with Gasteiger partial charge in [0, 0.05) is 3.57 Å². The number of benzene rings is 1. The van der Waals surface area contributed by atoms with Crippen molar-refractivity contribution in [2.24, 2.45) is 5.92 Å². The fraction of sp³-hybridized carbons (Fsp3) is 0.462. The van der Waals surface area contributed by atoms with E-state index in [1.807, 2.05) is 12.1 Å². The summed E-state index contributed by atoms with van der Waals surface area (Å²) >= 11 is 2.12. The normalized spacial score (nSPS) is 13.6. The number of carboxylic acids is 1. The number of alkyl halides is 2. The average Bonchev–Trinajstić information content (AvgIpc) is 2.30. The number of carbonyl (C=O) groups is 1. The summed E-state index contributed by atoms with van der Waals surface area (Å²) in [6, 6.07) is 7.13. The van der Waals surface area contributed by atoms with Crippen LogP contribution in [0.5, 0.6) is 0 Å². The van der Waals surface area contributed by atoms with E-state index in [1.165, 1.54) is 13.8 Å². The van der Waals surface area contributed by atoms with Gasteiger partial charge in [-0.15, -0.1) is 0 Å². The molecule has 0 aliphatic heterocycles. The molecule has 0 heterocycles. The highest BCUT2D eigenvalue weighted by atomic mass is 127. The quantitative estimate of drug-likeness (QED) is 0.708. The van der Waals surface area contributed by atoms with E-state index in [9.17, 15) is 18.7 Å². The van der Waals surface area contributed by atoms with Gasteiger partial charge in [0.2, 0.25) is 0 Å². The first-order chi connectivity index (χ1) is 8.75. The number of halogens is 3. The predicted octanol–water partition coefficient (Wildman–Crippen LogP) is 2.22. The van der Waals surface area contributed by atoms with Gasteiger partial charge >= 0.3 is 5.92 Å². The molecule has 0 N–H and O–H groups in total. The Morgan fingerprint density at radius 2 is 1.89 bits per heavy atom. The third-order valence-corrected chi connectivity index (χ3v) is 3.30. The van der Waals surface area contributed by atoms with E-state index in [-0.39, 0.29) is 6.61 Å². The number of aliphatic carboxylic acids is 1. The van der Waals surface area contributed by atoms with E-state index in [0.717, 1.165) is 3.57 Å². The van der Waals surface area contributed by atoms with Crippen LogP contribution in [0.3, 0.4) is 0 Å². The van der Waals surface area contributed by atoms with Crippen molar-refractivity contribution in [3.63, 3.8) is 0 Å². The summed E-state index contributed by atoms with van der Waals surface area (Å²) in [4.78, 5) is 10.5. The van der Waals surface area contributed by atoms with E-state index in [2.05, 4.69) is 22.6 Å². The molecule has 0 amide bonds. The molecule has 1 unspecified atom stereocenters. The van der Waals surface area contributed by atoms with Crippen molar-refractivity contribution in [2.75, 3.05) is 0 Å². The van der Waals surface area contributed by atoms with Crippen LogP contribution >= 0.6 is 22.6 Å². The van der Waals surface area contributed by atoms with Crippen molar-refractivity contribution >= 4 is 28.6 Å². The molecule has 0 aromatic heterocycles. The summed E-state index contributed by atoms with van der Waals surface area (Å²) in [6.45, 7) is 2.90. The molecular formula is C13H14F2IO3-. The van der Waals surface area contributed by atoms with Gasteiger partial charge in [-0.2, -0.15) is 8.78 Å². The molecule has 106 valence electrons. The molecule has 0 aliphatic carbocycles. The Labute approximate surface area is 124 Å². The van der Waals surface area contributed by atoms with Crippen LogP contribution in [-0.2, 0) is 16.1 Å². The maximum absolute atomic E-state index is 13.4. The lowest BCUT2D eigenvalue weighted by atomic mass is 10.0. The molecule has 1 aromatic rings. The number of hydrogen-bond donors (Lipinski definition) is 0. The van der Waals surface area contributed by atoms with E-state index in [0.29, 0.717) is 5.56 Å². The highest BCUT2D eigenvalue weighted by molar-refractivity contribution is 14.1. The van der Waals surface area contributed by atoms with Crippen molar-refractivity contribution in [2.45, 2.75) is 32.5 Å². The van der Waals surface area contributed by atoms with Crippen LogP contribution in [0.15, 0.2) is 24.3 Å². The molecule has 6 heteroatoms. The topological polar surface area (TPSA) is 49.4 Å². The second-order valence-corrected chi connectivity index (χ2v) is 5.76. The fourth-order valence-electron chi connectivity index (χ4n) is 1.60. The van der Waals surface area contributed by atoms with Crippen molar-refractivity contribution in [3.8, 4) is 0 Å². The molecule has 0 saturated heterocycles. The first kappa shape index (κ1) is 16.3. The van der Waals surface area contributed by atoms with Crippen LogP contribution in [0, 0.1) is 9.49 Å². The maximum Gasteiger partial charge on any atom is 0.312 e. The highest BCUT2D eigenvalue weighted by Crippen LogP contribution is 2.27. The van der Waals surface area contributed by atoms with Crippen LogP contribution in [-0.4, -0.2) is 18.0 Å². The lowest BCUT2D eigenvalue weighted by molar-refractivity contribution is -0.339.